The molecule has 0 aliphatic carbocycles. The first-order valence-electron chi connectivity index (χ1n) is 6.90. The minimum atomic E-state index is -0.104. The number of hydrogen-bond acceptors (Lipinski definition) is 5. The zero-order valence-corrected chi connectivity index (χ0v) is 13.5. The first-order chi connectivity index (χ1) is 10.2. The molecule has 2 aromatic rings. The van der Waals surface area contributed by atoms with E-state index in [1.54, 1.807) is 6.20 Å². The average Bonchev–Trinajstić information content (AvgIpc) is 2.51. The van der Waals surface area contributed by atoms with E-state index >= 15 is 0 Å². The summed E-state index contributed by atoms with van der Waals surface area (Å²) in [7, 11) is 0. The second kappa shape index (κ2) is 7.95. The molecule has 6 heteroatoms. The second-order valence-electron chi connectivity index (χ2n) is 4.63. The van der Waals surface area contributed by atoms with E-state index in [0.717, 1.165) is 17.4 Å². The first kappa shape index (κ1) is 15.7. The maximum atomic E-state index is 9.58. The molecule has 0 radical (unpaired) electrons. The number of aliphatic hydroxyl groups is 1. The van der Waals surface area contributed by atoms with Crippen LogP contribution in [0.5, 0.6) is 0 Å². The topological polar surface area (TPSA) is 70.1 Å². The van der Waals surface area contributed by atoms with E-state index in [1.165, 1.54) is 5.56 Å². The van der Waals surface area contributed by atoms with Crippen LogP contribution in [0.4, 0.5) is 11.8 Å². The van der Waals surface area contributed by atoms with Gasteiger partial charge in [-0.1, -0.05) is 30.3 Å². The maximum Gasteiger partial charge on any atom is 0.224 e. The molecule has 0 aliphatic rings. The minimum absolute atomic E-state index is 0.0296. The summed E-state index contributed by atoms with van der Waals surface area (Å²) in [4.78, 5) is 8.57. The van der Waals surface area contributed by atoms with Crippen LogP contribution in [0.2, 0.25) is 0 Å². The van der Waals surface area contributed by atoms with Crippen LogP contribution in [0.25, 0.3) is 0 Å². The standard InChI is InChI=1S/C15H19BrN4O/c1-2-17-15-18-9-13(16)14(20-15)19-12(10-21)8-11-6-4-3-5-7-11/h3-7,9,12,21H,2,8,10H2,1H3,(H2,17,18,19,20). The zero-order chi connectivity index (χ0) is 15.1. The van der Waals surface area contributed by atoms with Crippen molar-refractivity contribution in [2.45, 2.75) is 19.4 Å². The van der Waals surface area contributed by atoms with Gasteiger partial charge in [0.1, 0.15) is 5.82 Å². The van der Waals surface area contributed by atoms with Gasteiger partial charge >= 0.3 is 0 Å². The number of aliphatic hydroxyl groups excluding tert-OH is 1. The van der Waals surface area contributed by atoms with Gasteiger partial charge in [-0.25, -0.2) is 4.98 Å². The van der Waals surface area contributed by atoms with Gasteiger partial charge in [-0.05, 0) is 34.8 Å². The minimum Gasteiger partial charge on any atom is -0.394 e. The number of halogens is 1. The van der Waals surface area contributed by atoms with E-state index in [9.17, 15) is 5.11 Å². The maximum absolute atomic E-state index is 9.58. The molecule has 3 N–H and O–H groups in total. The Hall–Kier alpha value is -1.66. The molecular formula is C15H19BrN4O. The Labute approximate surface area is 133 Å². The smallest absolute Gasteiger partial charge is 0.224 e. The lowest BCUT2D eigenvalue weighted by atomic mass is 10.1. The Morgan fingerprint density at radius 1 is 1.29 bits per heavy atom. The van der Waals surface area contributed by atoms with Crippen molar-refractivity contribution in [2.24, 2.45) is 0 Å². The highest BCUT2D eigenvalue weighted by Gasteiger charge is 2.12. The lowest BCUT2D eigenvalue weighted by Crippen LogP contribution is -2.27. The summed E-state index contributed by atoms with van der Waals surface area (Å²) in [6.45, 7) is 2.78. The van der Waals surface area contributed by atoms with Gasteiger partial charge in [0.25, 0.3) is 0 Å². The highest BCUT2D eigenvalue weighted by molar-refractivity contribution is 9.10. The Bertz CT molecular complexity index is 565. The molecule has 0 saturated heterocycles. The van der Waals surface area contributed by atoms with Gasteiger partial charge in [-0.3, -0.25) is 0 Å². The molecule has 0 aliphatic heterocycles. The molecule has 5 nitrogen and oxygen atoms in total. The van der Waals surface area contributed by atoms with Gasteiger partial charge in [0.2, 0.25) is 5.95 Å². The molecule has 0 amide bonds. The molecule has 2 rings (SSSR count). The number of anilines is 2. The molecule has 0 bridgehead atoms. The van der Waals surface area contributed by atoms with E-state index in [4.69, 9.17) is 0 Å². The summed E-state index contributed by atoms with van der Waals surface area (Å²) in [5.74, 6) is 1.25. The van der Waals surface area contributed by atoms with Crippen LogP contribution in [0, 0.1) is 0 Å². The summed E-state index contributed by atoms with van der Waals surface area (Å²) in [5.41, 5.74) is 1.17. The molecule has 21 heavy (non-hydrogen) atoms. The van der Waals surface area contributed by atoms with Gasteiger partial charge in [0.05, 0.1) is 17.1 Å². The molecule has 0 spiro atoms. The molecule has 1 atom stereocenters. The molecular weight excluding hydrogens is 332 g/mol. The largest absolute Gasteiger partial charge is 0.394 e. The van der Waals surface area contributed by atoms with E-state index in [1.807, 2.05) is 37.3 Å². The fourth-order valence-corrected chi connectivity index (χ4v) is 2.27. The van der Waals surface area contributed by atoms with Crippen molar-refractivity contribution < 1.29 is 5.11 Å². The number of hydrogen-bond donors (Lipinski definition) is 3. The Morgan fingerprint density at radius 3 is 2.71 bits per heavy atom. The molecule has 1 heterocycles. The number of rotatable bonds is 7. The number of nitrogens with one attached hydrogen (secondary N) is 2. The summed E-state index contributed by atoms with van der Waals surface area (Å²) >= 11 is 3.43. The highest BCUT2D eigenvalue weighted by Crippen LogP contribution is 2.21. The lowest BCUT2D eigenvalue weighted by Gasteiger charge is -2.18. The number of benzene rings is 1. The van der Waals surface area contributed by atoms with Crippen LogP contribution in [0.15, 0.2) is 41.0 Å². The predicted octanol–water partition coefficient (Wildman–Crippen LogP) is 2.69. The Kier molecular flexibility index (Phi) is 5.95. The van der Waals surface area contributed by atoms with Crippen LogP contribution in [0.3, 0.4) is 0 Å². The van der Waals surface area contributed by atoms with Gasteiger partial charge < -0.3 is 15.7 Å². The van der Waals surface area contributed by atoms with Crippen molar-refractivity contribution in [3.8, 4) is 0 Å². The van der Waals surface area contributed by atoms with Gasteiger partial charge in [0.15, 0.2) is 0 Å². The lowest BCUT2D eigenvalue weighted by molar-refractivity contribution is 0.273. The Morgan fingerprint density at radius 2 is 2.05 bits per heavy atom. The molecule has 0 fully saturated rings. The van der Waals surface area contributed by atoms with E-state index in [-0.39, 0.29) is 12.6 Å². The van der Waals surface area contributed by atoms with Crippen molar-refractivity contribution in [3.05, 3.63) is 46.6 Å². The zero-order valence-electron chi connectivity index (χ0n) is 11.9. The summed E-state index contributed by atoms with van der Waals surface area (Å²) in [6, 6.07) is 9.95. The van der Waals surface area contributed by atoms with Crippen molar-refractivity contribution in [1.29, 1.82) is 0 Å². The normalized spacial score (nSPS) is 12.0. The molecule has 112 valence electrons. The number of nitrogens with zero attached hydrogens (tertiary/aromatic N) is 2. The quantitative estimate of drug-likeness (QED) is 0.716. The Balaban J connectivity index is 2.09. The SMILES string of the molecule is CCNc1ncc(Br)c(NC(CO)Cc2ccccc2)n1. The van der Waals surface area contributed by atoms with Gasteiger partial charge in [0, 0.05) is 12.7 Å². The molecule has 0 saturated carbocycles. The van der Waals surface area contributed by atoms with Crippen LogP contribution in [-0.4, -0.2) is 34.3 Å². The molecule has 1 aromatic carbocycles. The van der Waals surface area contributed by atoms with Crippen molar-refractivity contribution in [1.82, 2.24) is 9.97 Å². The van der Waals surface area contributed by atoms with Crippen LogP contribution in [-0.2, 0) is 6.42 Å². The van der Waals surface area contributed by atoms with Crippen LogP contribution in [0.1, 0.15) is 12.5 Å². The van der Waals surface area contributed by atoms with Crippen molar-refractivity contribution >= 4 is 27.7 Å². The fourth-order valence-electron chi connectivity index (χ4n) is 1.96. The molecule has 1 unspecified atom stereocenters. The third-order valence-corrected chi connectivity index (χ3v) is 3.55. The monoisotopic (exact) mass is 350 g/mol. The summed E-state index contributed by atoms with van der Waals surface area (Å²) in [6.07, 6.45) is 2.43. The highest BCUT2D eigenvalue weighted by atomic mass is 79.9. The van der Waals surface area contributed by atoms with Crippen molar-refractivity contribution in [3.63, 3.8) is 0 Å². The van der Waals surface area contributed by atoms with E-state index < -0.39 is 0 Å². The molecule has 1 aromatic heterocycles. The van der Waals surface area contributed by atoms with Crippen LogP contribution < -0.4 is 10.6 Å². The fraction of sp³-hybridized carbons (Fsp3) is 0.333. The van der Waals surface area contributed by atoms with Gasteiger partial charge in [-0.15, -0.1) is 0 Å². The van der Waals surface area contributed by atoms with Gasteiger partial charge in [-0.2, -0.15) is 4.98 Å². The summed E-state index contributed by atoms with van der Waals surface area (Å²) < 4.78 is 0.774. The van der Waals surface area contributed by atoms with E-state index in [2.05, 4.69) is 36.5 Å². The average molecular weight is 351 g/mol. The first-order valence-corrected chi connectivity index (χ1v) is 7.70. The number of aromatic nitrogens is 2. The third kappa shape index (κ3) is 4.68. The van der Waals surface area contributed by atoms with E-state index in [0.29, 0.717) is 11.8 Å². The van der Waals surface area contributed by atoms with Crippen LogP contribution >= 0.6 is 15.9 Å². The second-order valence-corrected chi connectivity index (χ2v) is 5.49. The van der Waals surface area contributed by atoms with Crippen molar-refractivity contribution in [2.75, 3.05) is 23.8 Å². The third-order valence-electron chi connectivity index (χ3n) is 2.97. The summed E-state index contributed by atoms with van der Waals surface area (Å²) in [5, 5.41) is 15.9. The predicted molar refractivity (Wildman–Crippen MR) is 88.5 cm³/mol.